The number of halogens is 1. The summed E-state index contributed by atoms with van der Waals surface area (Å²) in [5.41, 5.74) is 2.52. The number of nitrogens with one attached hydrogen (secondary N) is 2. The number of aromatic amines is 1. The Bertz CT molecular complexity index is 1540. The van der Waals surface area contributed by atoms with Crippen LogP contribution in [0, 0.1) is 5.92 Å². The first-order valence-corrected chi connectivity index (χ1v) is 15.8. The van der Waals surface area contributed by atoms with Crippen molar-refractivity contribution in [2.24, 2.45) is 5.92 Å². The Labute approximate surface area is 251 Å². The lowest BCUT2D eigenvalue weighted by molar-refractivity contribution is 0.0353. The van der Waals surface area contributed by atoms with Gasteiger partial charge in [-0.2, -0.15) is 0 Å². The summed E-state index contributed by atoms with van der Waals surface area (Å²) in [5, 5.41) is 5.52. The van der Waals surface area contributed by atoms with Crippen LogP contribution in [-0.2, 0) is 6.61 Å². The molecule has 8 nitrogen and oxygen atoms in total. The van der Waals surface area contributed by atoms with E-state index in [0.717, 1.165) is 65.3 Å². The zero-order chi connectivity index (χ0) is 28.5. The Morgan fingerprint density at radius 1 is 1.00 bits per heavy atom. The molecule has 2 N–H and O–H groups in total. The minimum atomic E-state index is -0.422. The quantitative estimate of drug-likeness (QED) is 0.242. The molecule has 1 amide bonds. The normalized spacial score (nSPS) is 22.3. The summed E-state index contributed by atoms with van der Waals surface area (Å²) in [5.74, 6) is 1.88. The van der Waals surface area contributed by atoms with Crippen molar-refractivity contribution in [3.63, 3.8) is 0 Å². The molecule has 3 fully saturated rings. The van der Waals surface area contributed by atoms with Gasteiger partial charge in [-0.3, -0.25) is 0 Å². The van der Waals surface area contributed by atoms with Crippen molar-refractivity contribution < 1.29 is 18.7 Å². The summed E-state index contributed by atoms with van der Waals surface area (Å²) in [6.45, 7) is 6.16. The average Bonchev–Trinajstić information content (AvgIpc) is 3.60. The molecule has 2 aromatic carbocycles. The van der Waals surface area contributed by atoms with E-state index in [1.807, 2.05) is 36.4 Å². The molecule has 3 aliphatic rings. The maximum Gasteiger partial charge on any atom is 0.414 e. The zero-order valence-corrected chi connectivity index (χ0v) is 24.7. The fraction of sp³-hybridized carbons (Fsp3) is 0.485. The minimum absolute atomic E-state index is 0.132. The van der Waals surface area contributed by atoms with Crippen LogP contribution < -0.4 is 14.8 Å². The summed E-state index contributed by atoms with van der Waals surface area (Å²) in [6, 6.07) is 14.0. The smallest absolute Gasteiger partial charge is 0.414 e. The van der Waals surface area contributed by atoms with E-state index >= 15 is 0 Å². The lowest BCUT2D eigenvalue weighted by Crippen LogP contribution is -2.52. The maximum atomic E-state index is 12.8. The third-order valence-electron chi connectivity index (χ3n) is 9.43. The van der Waals surface area contributed by atoms with E-state index < -0.39 is 6.09 Å². The molecule has 0 radical (unpaired) electrons. The standard InChI is InChI=1S/C33H39ClN4O4/c34-24-9-10-31-26(17-24)23(21-41-31)20-40-30-8-3-6-28-27(30)18-32(36-28)42-33(39)35-25-11-15-37(16-12-25)19-22-5-4-14-38-13-2-1-7-29(22)38/h3,6,8-10,17-18,21-22,25,29,36H,1-2,4-5,7,11-16,19-20H2,(H,35,39)/t22-,29+/m0/s1. The van der Waals surface area contributed by atoms with Crippen LogP contribution in [-0.4, -0.2) is 65.7 Å². The van der Waals surface area contributed by atoms with Gasteiger partial charge in [-0.25, -0.2) is 4.79 Å². The molecule has 0 saturated carbocycles. The number of carbonyl (C=O) groups excluding carboxylic acids is 1. The van der Waals surface area contributed by atoms with Gasteiger partial charge >= 0.3 is 6.09 Å². The molecule has 9 heteroatoms. The van der Waals surface area contributed by atoms with Gasteiger partial charge in [0.05, 0.1) is 11.8 Å². The Morgan fingerprint density at radius 3 is 2.79 bits per heavy atom. The molecule has 0 spiro atoms. The number of fused-ring (bicyclic) bond motifs is 3. The maximum absolute atomic E-state index is 12.8. The number of hydrogen-bond acceptors (Lipinski definition) is 6. The molecule has 2 atom stereocenters. The minimum Gasteiger partial charge on any atom is -0.488 e. The highest BCUT2D eigenvalue weighted by atomic mass is 35.5. The van der Waals surface area contributed by atoms with E-state index in [9.17, 15) is 4.79 Å². The van der Waals surface area contributed by atoms with Gasteiger partial charge in [0, 0.05) is 59.1 Å². The van der Waals surface area contributed by atoms with Gasteiger partial charge in [0.2, 0.25) is 5.88 Å². The third kappa shape index (κ3) is 5.98. The van der Waals surface area contributed by atoms with Crippen molar-refractivity contribution in [3.05, 3.63) is 59.3 Å². The van der Waals surface area contributed by atoms with E-state index in [0.29, 0.717) is 23.3 Å². The van der Waals surface area contributed by atoms with Crippen LogP contribution >= 0.6 is 11.6 Å². The number of likely N-dealkylation sites (tertiary alicyclic amines) is 1. The third-order valence-corrected chi connectivity index (χ3v) is 9.67. The predicted molar refractivity (Wildman–Crippen MR) is 164 cm³/mol. The Hall–Kier alpha value is -3.20. The van der Waals surface area contributed by atoms with Gasteiger partial charge in [-0.1, -0.05) is 24.1 Å². The van der Waals surface area contributed by atoms with Crippen LogP contribution in [0.3, 0.4) is 0 Å². The van der Waals surface area contributed by atoms with Crippen molar-refractivity contribution in [1.82, 2.24) is 20.1 Å². The van der Waals surface area contributed by atoms with Crippen LogP contribution in [0.2, 0.25) is 5.02 Å². The molecular formula is C33H39ClN4O4. The molecule has 3 saturated heterocycles. The van der Waals surface area contributed by atoms with Gasteiger partial charge in [0.15, 0.2) is 0 Å². The Balaban J connectivity index is 0.915. The van der Waals surface area contributed by atoms with Gasteiger partial charge in [-0.05, 0) is 87.9 Å². The van der Waals surface area contributed by atoms with Crippen LogP contribution in [0.1, 0.15) is 50.5 Å². The predicted octanol–water partition coefficient (Wildman–Crippen LogP) is 6.96. The SMILES string of the molecule is O=C(NC1CCN(C[C@@H]2CCCN3CCCC[C@H]23)CC1)Oc1cc2c(OCc3coc4ccc(Cl)cc34)cccc2[nH]1. The number of nitrogens with zero attached hydrogens (tertiary/aromatic N) is 2. The topological polar surface area (TPSA) is 83.0 Å². The van der Waals surface area contributed by atoms with Crippen LogP contribution in [0.5, 0.6) is 11.6 Å². The fourth-order valence-electron chi connectivity index (χ4n) is 7.28. The first-order chi connectivity index (χ1) is 20.6. The number of hydrogen-bond donors (Lipinski definition) is 2. The van der Waals surface area contributed by atoms with E-state index in [-0.39, 0.29) is 6.04 Å². The van der Waals surface area contributed by atoms with Crippen LogP contribution in [0.25, 0.3) is 21.9 Å². The number of benzene rings is 2. The highest BCUT2D eigenvalue weighted by Gasteiger charge is 2.34. The average molecular weight is 591 g/mol. The summed E-state index contributed by atoms with van der Waals surface area (Å²) in [7, 11) is 0. The summed E-state index contributed by atoms with van der Waals surface area (Å²) < 4.78 is 17.5. The summed E-state index contributed by atoms with van der Waals surface area (Å²) >= 11 is 6.17. The number of aromatic nitrogens is 1. The second-order valence-electron chi connectivity index (χ2n) is 12.2. The molecule has 7 rings (SSSR count). The zero-order valence-electron chi connectivity index (χ0n) is 23.9. The Morgan fingerprint density at radius 2 is 1.88 bits per heavy atom. The van der Waals surface area contributed by atoms with Crippen molar-refractivity contribution in [2.45, 2.75) is 63.6 Å². The molecule has 5 heterocycles. The van der Waals surface area contributed by atoms with Gasteiger partial charge < -0.3 is 34.0 Å². The highest BCUT2D eigenvalue weighted by Crippen LogP contribution is 2.33. The van der Waals surface area contributed by atoms with Crippen molar-refractivity contribution in [1.29, 1.82) is 0 Å². The van der Waals surface area contributed by atoms with Crippen molar-refractivity contribution in [2.75, 3.05) is 32.7 Å². The monoisotopic (exact) mass is 590 g/mol. The molecule has 0 bridgehead atoms. The first kappa shape index (κ1) is 27.6. The number of H-pyrrole nitrogens is 1. The first-order valence-electron chi connectivity index (χ1n) is 15.4. The second kappa shape index (κ2) is 12.2. The Kier molecular flexibility index (Phi) is 8.02. The molecule has 2 aromatic heterocycles. The molecule has 4 aromatic rings. The van der Waals surface area contributed by atoms with Crippen LogP contribution in [0.4, 0.5) is 4.79 Å². The van der Waals surface area contributed by atoms with Crippen molar-refractivity contribution in [3.8, 4) is 11.6 Å². The number of piperidine rings is 3. The largest absolute Gasteiger partial charge is 0.488 e. The molecule has 222 valence electrons. The number of furan rings is 1. The van der Waals surface area contributed by atoms with E-state index in [4.69, 9.17) is 25.5 Å². The molecular weight excluding hydrogens is 552 g/mol. The number of carbonyl (C=O) groups is 1. The highest BCUT2D eigenvalue weighted by molar-refractivity contribution is 6.31. The van der Waals surface area contributed by atoms with Gasteiger partial charge in [0.25, 0.3) is 0 Å². The summed E-state index contributed by atoms with van der Waals surface area (Å²) in [6.07, 6.45) is 9.99. The van der Waals surface area contributed by atoms with E-state index in [1.54, 1.807) is 12.3 Å². The fourth-order valence-corrected chi connectivity index (χ4v) is 7.45. The number of amides is 1. The lowest BCUT2D eigenvalue weighted by atomic mass is 9.83. The van der Waals surface area contributed by atoms with E-state index in [1.165, 1.54) is 51.7 Å². The van der Waals surface area contributed by atoms with Gasteiger partial charge in [0.1, 0.15) is 17.9 Å². The van der Waals surface area contributed by atoms with Crippen molar-refractivity contribution >= 4 is 39.6 Å². The molecule has 0 aliphatic carbocycles. The van der Waals surface area contributed by atoms with Gasteiger partial charge in [-0.15, -0.1) is 0 Å². The van der Waals surface area contributed by atoms with Crippen LogP contribution in [0.15, 0.2) is 53.1 Å². The summed E-state index contributed by atoms with van der Waals surface area (Å²) in [4.78, 5) is 21.4. The molecule has 42 heavy (non-hydrogen) atoms. The number of ether oxygens (including phenoxy) is 2. The molecule has 0 unspecified atom stereocenters. The lowest BCUT2D eigenvalue weighted by Gasteiger charge is -2.46. The van der Waals surface area contributed by atoms with E-state index in [2.05, 4.69) is 20.1 Å². The second-order valence-corrected chi connectivity index (χ2v) is 12.6. The number of rotatable bonds is 7. The molecule has 3 aliphatic heterocycles.